The molecule has 0 aromatic carbocycles. The van der Waals surface area contributed by atoms with Crippen LogP contribution in [0.4, 0.5) is 4.39 Å². The van der Waals surface area contributed by atoms with Gasteiger partial charge in [-0.3, -0.25) is 4.57 Å². The molecule has 0 aliphatic carbocycles. The third-order valence-electron chi connectivity index (χ3n) is 3.78. The van der Waals surface area contributed by atoms with Crippen LogP contribution in [0.5, 0.6) is 0 Å². The third kappa shape index (κ3) is 1.85. The molecule has 1 aliphatic heterocycles. The Labute approximate surface area is 118 Å². The maximum atomic E-state index is 14.3. The second-order valence-corrected chi connectivity index (χ2v) is 5.33. The zero-order chi connectivity index (χ0) is 15.4. The fourth-order valence-corrected chi connectivity index (χ4v) is 2.54. The van der Waals surface area contributed by atoms with Crippen molar-refractivity contribution in [2.24, 2.45) is 0 Å². The topological polar surface area (TPSA) is 114 Å². The summed E-state index contributed by atoms with van der Waals surface area (Å²) in [4.78, 5) is 12.1. The van der Waals surface area contributed by atoms with Crippen LogP contribution >= 0.6 is 0 Å². The summed E-state index contributed by atoms with van der Waals surface area (Å²) < 4.78 is 20.7. The minimum atomic E-state index is -2.76. The number of ether oxygens (including phenoxy) is 1. The van der Waals surface area contributed by atoms with Crippen LogP contribution in [0.2, 0.25) is 0 Å². The summed E-state index contributed by atoms with van der Waals surface area (Å²) in [5.41, 5.74) is -0.538. The van der Waals surface area contributed by atoms with Crippen molar-refractivity contribution in [2.75, 3.05) is 6.61 Å². The van der Waals surface area contributed by atoms with Gasteiger partial charge in [-0.05, 0) is 13.8 Å². The number of aliphatic hydroxyl groups is 3. The Morgan fingerprint density at radius 2 is 2.14 bits per heavy atom. The van der Waals surface area contributed by atoms with E-state index < -0.39 is 30.4 Å². The first-order valence-corrected chi connectivity index (χ1v) is 6.33. The van der Waals surface area contributed by atoms with Gasteiger partial charge in [0.2, 0.25) is 0 Å². The van der Waals surface area contributed by atoms with Crippen LogP contribution in [-0.2, 0) is 4.74 Å². The highest BCUT2D eigenvalue weighted by Crippen LogP contribution is 2.45. The molecule has 3 N–H and O–H groups in total. The number of imidazole rings is 1. The van der Waals surface area contributed by atoms with Crippen molar-refractivity contribution in [1.29, 1.82) is 0 Å². The number of aromatic nitrogens is 4. The summed E-state index contributed by atoms with van der Waals surface area (Å²) in [6.07, 6.45) is -0.573. The average molecular weight is 298 g/mol. The summed E-state index contributed by atoms with van der Waals surface area (Å²) in [6, 6.07) is 0. The molecule has 21 heavy (non-hydrogen) atoms. The van der Waals surface area contributed by atoms with E-state index in [1.807, 2.05) is 0 Å². The molecule has 4 atom stereocenters. The molecule has 0 radical (unpaired) electrons. The lowest BCUT2D eigenvalue weighted by molar-refractivity contribution is -0.206. The number of aryl methyl sites for hydroxylation is 1. The lowest BCUT2D eigenvalue weighted by atomic mass is 9.95. The molecule has 114 valence electrons. The van der Waals surface area contributed by atoms with E-state index in [2.05, 4.69) is 15.0 Å². The molecule has 0 bridgehead atoms. The van der Waals surface area contributed by atoms with E-state index in [0.717, 1.165) is 0 Å². The molecule has 2 aromatic heterocycles. The van der Waals surface area contributed by atoms with Crippen LogP contribution in [0.1, 0.15) is 18.8 Å². The summed E-state index contributed by atoms with van der Waals surface area (Å²) in [5, 5.41) is 29.3. The summed E-state index contributed by atoms with van der Waals surface area (Å²) >= 11 is 0. The molecule has 0 amide bonds. The molecule has 3 heterocycles. The van der Waals surface area contributed by atoms with Gasteiger partial charge in [-0.2, -0.15) is 0 Å². The van der Waals surface area contributed by atoms with Gasteiger partial charge in [0.25, 0.3) is 5.85 Å². The predicted molar refractivity (Wildman–Crippen MR) is 67.7 cm³/mol. The molecule has 9 heteroatoms. The van der Waals surface area contributed by atoms with Crippen LogP contribution in [0.3, 0.4) is 0 Å². The smallest absolute Gasteiger partial charge is 0.263 e. The standard InChI is InChI=1S/C12H15FN4O4/c1-6-7-8(15-4-14-6)17(5-16-7)10-11(2,20)9(19)12(13,3-18)21-10/h4-5,9-10,18-20H,3H2,1-2H3/t9-,10+,11+,12+/m0/s1. The first-order valence-electron chi connectivity index (χ1n) is 6.33. The summed E-state index contributed by atoms with van der Waals surface area (Å²) in [6.45, 7) is 1.87. The minimum absolute atomic E-state index is 0.335. The van der Waals surface area contributed by atoms with Crippen molar-refractivity contribution in [3.8, 4) is 0 Å². The van der Waals surface area contributed by atoms with Crippen molar-refractivity contribution < 1.29 is 24.4 Å². The highest BCUT2D eigenvalue weighted by atomic mass is 19.2. The summed E-state index contributed by atoms with van der Waals surface area (Å²) in [5.74, 6) is -2.76. The van der Waals surface area contributed by atoms with Crippen molar-refractivity contribution >= 4 is 11.2 Å². The van der Waals surface area contributed by atoms with Crippen molar-refractivity contribution in [2.45, 2.75) is 37.6 Å². The second kappa shape index (κ2) is 4.41. The van der Waals surface area contributed by atoms with Gasteiger partial charge in [0.05, 0.1) is 12.0 Å². The van der Waals surface area contributed by atoms with E-state index in [1.165, 1.54) is 24.1 Å². The molecule has 1 aliphatic rings. The number of hydrogen-bond acceptors (Lipinski definition) is 7. The quantitative estimate of drug-likeness (QED) is 0.680. The van der Waals surface area contributed by atoms with E-state index in [-0.39, 0.29) is 0 Å². The van der Waals surface area contributed by atoms with Gasteiger partial charge in [0, 0.05) is 0 Å². The number of nitrogens with zero attached hydrogens (tertiary/aromatic N) is 4. The van der Waals surface area contributed by atoms with E-state index in [4.69, 9.17) is 9.84 Å². The molecule has 0 unspecified atom stereocenters. The molecule has 3 rings (SSSR count). The van der Waals surface area contributed by atoms with E-state index in [9.17, 15) is 14.6 Å². The first kappa shape index (κ1) is 14.3. The maximum absolute atomic E-state index is 14.3. The largest absolute Gasteiger partial charge is 0.390 e. The van der Waals surface area contributed by atoms with Crippen LogP contribution < -0.4 is 0 Å². The van der Waals surface area contributed by atoms with Crippen LogP contribution in [0.25, 0.3) is 11.2 Å². The van der Waals surface area contributed by atoms with Gasteiger partial charge < -0.3 is 20.1 Å². The SMILES string of the molecule is Cc1ncnc2c1ncn2[C@@H]1O[C@](F)(CO)[C@@H](O)[C@@]1(C)O. The van der Waals surface area contributed by atoms with Gasteiger partial charge in [0.1, 0.15) is 30.2 Å². The lowest BCUT2D eigenvalue weighted by Gasteiger charge is -2.27. The lowest BCUT2D eigenvalue weighted by Crippen LogP contribution is -2.48. The van der Waals surface area contributed by atoms with Gasteiger partial charge in [-0.15, -0.1) is 0 Å². The van der Waals surface area contributed by atoms with Crippen molar-refractivity contribution in [3.63, 3.8) is 0 Å². The molecule has 0 spiro atoms. The fraction of sp³-hybridized carbons (Fsp3) is 0.583. The fourth-order valence-electron chi connectivity index (χ4n) is 2.54. The Hall–Kier alpha value is -1.68. The highest BCUT2D eigenvalue weighted by Gasteiger charge is 2.62. The Bertz CT molecular complexity index is 691. The van der Waals surface area contributed by atoms with Crippen LogP contribution in [-0.4, -0.2) is 59.0 Å². The molecular formula is C12H15FN4O4. The monoisotopic (exact) mass is 298 g/mol. The Kier molecular flexibility index (Phi) is 2.99. The highest BCUT2D eigenvalue weighted by molar-refractivity contribution is 5.72. The average Bonchev–Trinajstić information content (AvgIpc) is 2.94. The van der Waals surface area contributed by atoms with Gasteiger partial charge in [-0.25, -0.2) is 19.3 Å². The van der Waals surface area contributed by atoms with E-state index in [1.54, 1.807) is 6.92 Å². The Balaban J connectivity index is 2.13. The zero-order valence-corrected chi connectivity index (χ0v) is 11.4. The molecular weight excluding hydrogens is 283 g/mol. The molecule has 2 aromatic rings. The number of alkyl halides is 1. The molecule has 8 nitrogen and oxygen atoms in total. The number of aliphatic hydroxyl groups excluding tert-OH is 2. The van der Waals surface area contributed by atoms with Gasteiger partial charge >= 0.3 is 0 Å². The van der Waals surface area contributed by atoms with Crippen LogP contribution in [0.15, 0.2) is 12.7 Å². The van der Waals surface area contributed by atoms with Crippen LogP contribution in [0, 0.1) is 6.92 Å². The van der Waals surface area contributed by atoms with E-state index in [0.29, 0.717) is 16.9 Å². The number of halogens is 1. The molecule has 1 saturated heterocycles. The number of fused-ring (bicyclic) bond motifs is 1. The normalized spacial score (nSPS) is 36.5. The molecule has 0 saturated carbocycles. The number of hydrogen-bond donors (Lipinski definition) is 3. The predicted octanol–water partition coefficient (Wildman–Crippen LogP) is -0.566. The minimum Gasteiger partial charge on any atom is -0.390 e. The zero-order valence-electron chi connectivity index (χ0n) is 11.4. The van der Waals surface area contributed by atoms with Gasteiger partial charge in [0.15, 0.2) is 11.9 Å². The summed E-state index contributed by atoms with van der Waals surface area (Å²) in [7, 11) is 0. The second-order valence-electron chi connectivity index (χ2n) is 5.33. The van der Waals surface area contributed by atoms with Gasteiger partial charge in [-0.1, -0.05) is 0 Å². The van der Waals surface area contributed by atoms with E-state index >= 15 is 0 Å². The molecule has 1 fully saturated rings. The third-order valence-corrected chi connectivity index (χ3v) is 3.78. The number of rotatable bonds is 2. The Morgan fingerprint density at radius 3 is 2.76 bits per heavy atom. The Morgan fingerprint density at radius 1 is 1.43 bits per heavy atom. The van der Waals surface area contributed by atoms with Crippen molar-refractivity contribution in [3.05, 3.63) is 18.3 Å². The first-order chi connectivity index (χ1) is 9.81. The van der Waals surface area contributed by atoms with Crippen molar-refractivity contribution in [1.82, 2.24) is 19.5 Å². The maximum Gasteiger partial charge on any atom is 0.263 e.